The Morgan fingerprint density at radius 3 is 2.93 bits per heavy atom. The van der Waals surface area contributed by atoms with E-state index in [4.69, 9.17) is 10.00 Å². The Morgan fingerprint density at radius 2 is 2.14 bits per heavy atom. The summed E-state index contributed by atoms with van der Waals surface area (Å²) in [5.74, 6) is 0.0781. The summed E-state index contributed by atoms with van der Waals surface area (Å²) in [7, 11) is 0. The molecule has 3 heteroatoms. The maximum absolute atomic E-state index is 8.69. The summed E-state index contributed by atoms with van der Waals surface area (Å²) < 4.78 is 5.07. The van der Waals surface area contributed by atoms with Crippen LogP contribution in [0.3, 0.4) is 0 Å². The van der Waals surface area contributed by atoms with Crippen molar-refractivity contribution in [1.29, 1.82) is 5.26 Å². The molecule has 0 saturated heterocycles. The van der Waals surface area contributed by atoms with Gasteiger partial charge in [-0.05, 0) is 18.6 Å². The molecule has 0 amide bonds. The van der Waals surface area contributed by atoms with Gasteiger partial charge in [0.2, 0.25) is 0 Å². The number of benzene rings is 1. The van der Waals surface area contributed by atoms with Crippen LogP contribution in [-0.2, 0) is 4.74 Å². The van der Waals surface area contributed by atoms with E-state index < -0.39 is 0 Å². The van der Waals surface area contributed by atoms with Gasteiger partial charge in [-0.1, -0.05) is 18.2 Å². The maximum Gasteiger partial charge on any atom is 0.300 e. The van der Waals surface area contributed by atoms with Gasteiger partial charge in [-0.25, -0.2) is 4.99 Å². The number of para-hydroxylation sites is 1. The normalized spacial score (nSPS) is 14.0. The molecule has 1 heterocycles. The zero-order valence-corrected chi connectivity index (χ0v) is 7.69. The van der Waals surface area contributed by atoms with Gasteiger partial charge in [-0.2, -0.15) is 5.26 Å². The molecular formula is C11H8N2O. The molecule has 14 heavy (non-hydrogen) atoms. The van der Waals surface area contributed by atoms with E-state index in [9.17, 15) is 0 Å². The van der Waals surface area contributed by atoms with Crippen LogP contribution in [0.5, 0.6) is 0 Å². The van der Waals surface area contributed by atoms with E-state index in [0.29, 0.717) is 0 Å². The summed E-state index contributed by atoms with van der Waals surface area (Å²) in [6, 6.07) is 9.52. The number of rotatable bonds is 0. The fraction of sp³-hybridized carbons (Fsp3) is 0.0909. The molecule has 0 aromatic heterocycles. The summed E-state index contributed by atoms with van der Waals surface area (Å²) in [6.45, 7) is 1.93. The Bertz CT molecular complexity index is 466. The second-order valence-corrected chi connectivity index (χ2v) is 2.96. The first kappa shape index (κ1) is 8.52. The molecule has 0 radical (unpaired) electrons. The van der Waals surface area contributed by atoms with Crippen LogP contribution in [-0.4, -0.2) is 5.90 Å². The van der Waals surface area contributed by atoms with E-state index in [1.165, 1.54) is 0 Å². The first-order valence-corrected chi connectivity index (χ1v) is 4.23. The summed E-state index contributed by atoms with van der Waals surface area (Å²) in [4.78, 5) is 4.09. The van der Waals surface area contributed by atoms with E-state index in [1.807, 2.05) is 37.3 Å². The molecule has 0 saturated carbocycles. The Balaban J connectivity index is 2.62. The summed E-state index contributed by atoms with van der Waals surface area (Å²) in [5, 5.41) is 8.69. The summed E-state index contributed by atoms with van der Waals surface area (Å²) >= 11 is 0. The number of fused-ring (bicyclic) bond motifs is 1. The van der Waals surface area contributed by atoms with E-state index in [-0.39, 0.29) is 5.90 Å². The number of nitrogens with zero attached hydrogens (tertiary/aromatic N) is 2. The molecule has 1 aliphatic rings. The third-order valence-corrected chi connectivity index (χ3v) is 1.99. The van der Waals surface area contributed by atoms with Crippen molar-refractivity contribution in [2.75, 3.05) is 0 Å². The molecule has 0 atom stereocenters. The smallest absolute Gasteiger partial charge is 0.300 e. The lowest BCUT2D eigenvalue weighted by atomic mass is 10.1. The third-order valence-electron chi connectivity index (χ3n) is 1.99. The molecule has 0 unspecified atom stereocenters. The zero-order valence-electron chi connectivity index (χ0n) is 7.69. The average molecular weight is 184 g/mol. The molecule has 0 fully saturated rings. The van der Waals surface area contributed by atoms with Crippen molar-refractivity contribution in [2.24, 2.45) is 4.99 Å². The maximum atomic E-state index is 8.69. The highest BCUT2D eigenvalue weighted by Crippen LogP contribution is 2.28. The van der Waals surface area contributed by atoms with Crippen LogP contribution in [0.25, 0.3) is 5.57 Å². The van der Waals surface area contributed by atoms with Crippen LogP contribution in [0.4, 0.5) is 5.69 Å². The van der Waals surface area contributed by atoms with Crippen molar-refractivity contribution in [2.45, 2.75) is 6.92 Å². The fourth-order valence-electron chi connectivity index (χ4n) is 1.30. The molecule has 0 N–H and O–H groups in total. The number of hydrogen-bond donors (Lipinski definition) is 0. The van der Waals surface area contributed by atoms with Gasteiger partial charge in [0.25, 0.3) is 0 Å². The van der Waals surface area contributed by atoms with Gasteiger partial charge < -0.3 is 4.74 Å². The predicted molar refractivity (Wildman–Crippen MR) is 53.9 cm³/mol. The highest BCUT2D eigenvalue weighted by molar-refractivity contribution is 5.96. The van der Waals surface area contributed by atoms with Crippen LogP contribution in [0, 0.1) is 11.3 Å². The van der Waals surface area contributed by atoms with E-state index in [0.717, 1.165) is 16.8 Å². The van der Waals surface area contributed by atoms with Crippen LogP contribution in [0.1, 0.15) is 12.5 Å². The minimum absolute atomic E-state index is 0.0781. The molecule has 3 nitrogen and oxygen atoms in total. The monoisotopic (exact) mass is 184 g/mol. The van der Waals surface area contributed by atoms with Crippen LogP contribution < -0.4 is 0 Å². The van der Waals surface area contributed by atoms with E-state index in [1.54, 1.807) is 6.26 Å². The van der Waals surface area contributed by atoms with Crippen molar-refractivity contribution in [1.82, 2.24) is 0 Å². The Kier molecular flexibility index (Phi) is 2.04. The van der Waals surface area contributed by atoms with Gasteiger partial charge >= 0.3 is 5.90 Å². The second-order valence-electron chi connectivity index (χ2n) is 2.96. The van der Waals surface area contributed by atoms with Crippen molar-refractivity contribution in [3.8, 4) is 6.07 Å². The molecule has 0 aliphatic carbocycles. The fourth-order valence-corrected chi connectivity index (χ4v) is 1.30. The molecule has 0 bridgehead atoms. The Hall–Kier alpha value is -2.08. The van der Waals surface area contributed by atoms with E-state index in [2.05, 4.69) is 4.99 Å². The highest BCUT2D eigenvalue weighted by atomic mass is 16.5. The number of ether oxygens (including phenoxy) is 1. The van der Waals surface area contributed by atoms with Gasteiger partial charge in [-0.3, -0.25) is 0 Å². The largest absolute Gasteiger partial charge is 0.438 e. The molecule has 1 aromatic carbocycles. The molecule has 68 valence electrons. The Morgan fingerprint density at radius 1 is 1.36 bits per heavy atom. The van der Waals surface area contributed by atoms with Crippen LogP contribution in [0.15, 0.2) is 35.5 Å². The van der Waals surface area contributed by atoms with Crippen molar-refractivity contribution < 1.29 is 4.74 Å². The second kappa shape index (κ2) is 3.35. The lowest BCUT2D eigenvalue weighted by Crippen LogP contribution is -1.93. The first-order chi connectivity index (χ1) is 6.81. The molecule has 1 aromatic rings. The lowest BCUT2D eigenvalue weighted by Gasteiger charge is -2.00. The quantitative estimate of drug-likeness (QED) is 0.622. The van der Waals surface area contributed by atoms with Gasteiger partial charge in [0.05, 0.1) is 11.9 Å². The lowest BCUT2D eigenvalue weighted by molar-refractivity contribution is 0.481. The van der Waals surface area contributed by atoms with Gasteiger partial charge in [0.15, 0.2) is 6.07 Å². The summed E-state index contributed by atoms with van der Waals surface area (Å²) in [6.07, 6.45) is 1.55. The number of aliphatic imine (C=N–C) groups is 1. The molecular weight excluding hydrogens is 176 g/mol. The van der Waals surface area contributed by atoms with Gasteiger partial charge in [0.1, 0.15) is 0 Å². The van der Waals surface area contributed by atoms with E-state index >= 15 is 0 Å². The zero-order chi connectivity index (χ0) is 9.97. The summed E-state index contributed by atoms with van der Waals surface area (Å²) in [5.41, 5.74) is 2.74. The number of hydrogen-bond acceptors (Lipinski definition) is 3. The first-order valence-electron chi connectivity index (χ1n) is 4.23. The molecule has 1 aliphatic heterocycles. The molecule has 2 rings (SSSR count). The number of nitriles is 1. The SMILES string of the molecule is CC1=COC(C#N)=Nc2ccccc21. The average Bonchev–Trinajstić information content (AvgIpc) is 2.39. The predicted octanol–water partition coefficient (Wildman–Crippen LogP) is 2.63. The minimum Gasteiger partial charge on any atom is -0.438 e. The molecule has 0 spiro atoms. The highest BCUT2D eigenvalue weighted by Gasteiger charge is 2.09. The van der Waals surface area contributed by atoms with Crippen LogP contribution >= 0.6 is 0 Å². The Labute approximate surface area is 82.0 Å². The van der Waals surface area contributed by atoms with Crippen LogP contribution in [0.2, 0.25) is 0 Å². The third kappa shape index (κ3) is 1.38. The van der Waals surface area contributed by atoms with Gasteiger partial charge in [-0.15, -0.1) is 0 Å². The van der Waals surface area contributed by atoms with Crippen molar-refractivity contribution >= 4 is 17.2 Å². The minimum atomic E-state index is 0.0781. The van der Waals surface area contributed by atoms with Crippen molar-refractivity contribution in [3.05, 3.63) is 36.1 Å². The topological polar surface area (TPSA) is 45.4 Å². The van der Waals surface area contributed by atoms with Gasteiger partial charge in [0, 0.05) is 5.56 Å². The number of allylic oxidation sites excluding steroid dienone is 1. The standard InChI is InChI=1S/C11H8N2O/c1-8-7-14-11(6-12)13-10-5-3-2-4-9(8)10/h2-5,7H,1H3. The van der Waals surface area contributed by atoms with Crippen molar-refractivity contribution in [3.63, 3.8) is 0 Å².